The molecule has 0 saturated heterocycles. The van der Waals surface area contributed by atoms with Gasteiger partial charge in [-0.05, 0) is 18.9 Å². The number of amides is 2. The topological polar surface area (TPSA) is 121 Å². The van der Waals surface area contributed by atoms with Gasteiger partial charge in [-0.25, -0.2) is 0 Å². The van der Waals surface area contributed by atoms with Gasteiger partial charge in [-0.15, -0.1) is 0 Å². The van der Waals surface area contributed by atoms with Crippen LogP contribution in [0.25, 0.3) is 0 Å². The Morgan fingerprint density at radius 1 is 1.22 bits per heavy atom. The van der Waals surface area contributed by atoms with E-state index in [0.717, 1.165) is 32.1 Å². The summed E-state index contributed by atoms with van der Waals surface area (Å²) in [5, 5.41) is 20.1. The Morgan fingerprint density at radius 3 is 2.56 bits per heavy atom. The molecule has 1 heterocycles. The number of carbonyl (C=O) groups excluding carboxylic acids is 2. The van der Waals surface area contributed by atoms with Crippen LogP contribution in [0.15, 0.2) is 18.2 Å². The molecule has 0 bridgehead atoms. The zero-order valence-corrected chi connectivity index (χ0v) is 14.8. The van der Waals surface area contributed by atoms with Gasteiger partial charge in [0.05, 0.1) is 22.6 Å². The average Bonchev–Trinajstić information content (AvgIpc) is 2.75. The van der Waals surface area contributed by atoms with Crippen LogP contribution in [0.5, 0.6) is 0 Å². The molecule has 9 heteroatoms. The van der Waals surface area contributed by atoms with Crippen molar-refractivity contribution in [3.8, 4) is 0 Å². The minimum absolute atomic E-state index is 0.0568. The first-order chi connectivity index (χ1) is 12.9. The van der Waals surface area contributed by atoms with Crippen molar-refractivity contribution in [1.29, 1.82) is 0 Å². The van der Waals surface area contributed by atoms with Crippen LogP contribution in [0, 0.1) is 10.1 Å². The van der Waals surface area contributed by atoms with Gasteiger partial charge in [0, 0.05) is 24.7 Å². The molecule has 27 heavy (non-hydrogen) atoms. The summed E-state index contributed by atoms with van der Waals surface area (Å²) in [4.78, 5) is 50.1. The number of carbonyl (C=O) groups is 3. The van der Waals surface area contributed by atoms with Crippen LogP contribution in [0.1, 0.15) is 48.9 Å². The number of benzene rings is 1. The number of carboxylic acids is 1. The molecule has 3 rings (SSSR count). The SMILES string of the molecule is O=C(O)CCN1CC(=O)N(C2CCCCC2)c2ccc([N+](=O)[O-])cc2C1=O. The molecule has 9 nitrogen and oxygen atoms in total. The molecule has 1 aromatic carbocycles. The Hall–Kier alpha value is -2.97. The van der Waals surface area contributed by atoms with Crippen LogP contribution in [-0.4, -0.2) is 51.8 Å². The van der Waals surface area contributed by atoms with E-state index in [-0.39, 0.29) is 42.7 Å². The van der Waals surface area contributed by atoms with Gasteiger partial charge in [-0.2, -0.15) is 0 Å². The van der Waals surface area contributed by atoms with Gasteiger partial charge in [0.1, 0.15) is 6.54 Å². The number of hydrogen-bond acceptors (Lipinski definition) is 5. The highest BCUT2D eigenvalue weighted by Gasteiger charge is 2.36. The fraction of sp³-hybridized carbons (Fsp3) is 0.500. The van der Waals surface area contributed by atoms with E-state index in [4.69, 9.17) is 5.11 Å². The maximum Gasteiger partial charge on any atom is 0.305 e. The molecule has 2 amide bonds. The van der Waals surface area contributed by atoms with Crippen molar-refractivity contribution >= 4 is 29.2 Å². The minimum Gasteiger partial charge on any atom is -0.481 e. The van der Waals surface area contributed by atoms with Crippen LogP contribution in [0.4, 0.5) is 11.4 Å². The quantitative estimate of drug-likeness (QED) is 0.622. The Morgan fingerprint density at radius 2 is 1.93 bits per heavy atom. The molecule has 0 spiro atoms. The Bertz CT molecular complexity index is 787. The monoisotopic (exact) mass is 375 g/mol. The second kappa shape index (κ2) is 7.73. The number of nitro groups is 1. The summed E-state index contributed by atoms with van der Waals surface area (Å²) in [6.45, 7) is -0.356. The fourth-order valence-corrected chi connectivity index (χ4v) is 3.79. The molecular formula is C18H21N3O6. The maximum atomic E-state index is 12.9. The highest BCUT2D eigenvalue weighted by Crippen LogP contribution is 2.34. The molecule has 0 unspecified atom stereocenters. The number of fused-ring (bicyclic) bond motifs is 1. The first-order valence-electron chi connectivity index (χ1n) is 9.00. The molecule has 1 aromatic rings. The van der Waals surface area contributed by atoms with E-state index in [0.29, 0.717) is 5.69 Å². The Labute approximate surface area is 155 Å². The minimum atomic E-state index is -1.08. The van der Waals surface area contributed by atoms with Crippen molar-refractivity contribution in [2.75, 3.05) is 18.0 Å². The van der Waals surface area contributed by atoms with Crippen molar-refractivity contribution in [1.82, 2.24) is 4.90 Å². The first kappa shape index (κ1) is 18.8. The van der Waals surface area contributed by atoms with E-state index in [1.165, 1.54) is 23.1 Å². The van der Waals surface area contributed by atoms with Crippen molar-refractivity contribution in [2.24, 2.45) is 0 Å². The van der Waals surface area contributed by atoms with Crippen molar-refractivity contribution < 1.29 is 24.4 Å². The summed E-state index contributed by atoms with van der Waals surface area (Å²) in [6, 6.07) is 3.87. The lowest BCUT2D eigenvalue weighted by Gasteiger charge is -2.34. The van der Waals surface area contributed by atoms with Gasteiger partial charge < -0.3 is 14.9 Å². The summed E-state index contributed by atoms with van der Waals surface area (Å²) >= 11 is 0. The van der Waals surface area contributed by atoms with Crippen molar-refractivity contribution in [3.05, 3.63) is 33.9 Å². The Balaban J connectivity index is 2.04. The van der Waals surface area contributed by atoms with Crippen LogP contribution in [0.3, 0.4) is 0 Å². The molecule has 1 fully saturated rings. The molecule has 2 aliphatic rings. The van der Waals surface area contributed by atoms with Crippen LogP contribution in [0.2, 0.25) is 0 Å². The predicted molar refractivity (Wildman–Crippen MR) is 95.6 cm³/mol. The van der Waals surface area contributed by atoms with Gasteiger partial charge >= 0.3 is 5.97 Å². The second-order valence-corrected chi connectivity index (χ2v) is 6.88. The Kier molecular flexibility index (Phi) is 5.38. The van der Waals surface area contributed by atoms with E-state index in [9.17, 15) is 24.5 Å². The van der Waals surface area contributed by atoms with Gasteiger partial charge in [0.15, 0.2) is 0 Å². The lowest BCUT2D eigenvalue weighted by Crippen LogP contribution is -2.45. The number of non-ortho nitro benzene ring substituents is 1. The number of anilines is 1. The molecule has 1 aliphatic carbocycles. The van der Waals surface area contributed by atoms with Crippen LogP contribution < -0.4 is 4.90 Å². The van der Waals surface area contributed by atoms with E-state index >= 15 is 0 Å². The molecule has 144 valence electrons. The third-order valence-electron chi connectivity index (χ3n) is 5.10. The molecule has 1 aliphatic heterocycles. The number of aliphatic carboxylic acids is 1. The summed E-state index contributed by atoms with van der Waals surface area (Å²) in [6.07, 6.45) is 4.37. The summed E-state index contributed by atoms with van der Waals surface area (Å²) in [5.41, 5.74) is 0.213. The van der Waals surface area contributed by atoms with Gasteiger partial charge in [0.25, 0.3) is 11.6 Å². The third kappa shape index (κ3) is 3.91. The largest absolute Gasteiger partial charge is 0.481 e. The zero-order chi connectivity index (χ0) is 19.6. The lowest BCUT2D eigenvalue weighted by atomic mass is 9.93. The highest BCUT2D eigenvalue weighted by atomic mass is 16.6. The zero-order valence-electron chi connectivity index (χ0n) is 14.8. The lowest BCUT2D eigenvalue weighted by molar-refractivity contribution is -0.384. The third-order valence-corrected chi connectivity index (χ3v) is 5.10. The van der Waals surface area contributed by atoms with Crippen molar-refractivity contribution in [2.45, 2.75) is 44.6 Å². The number of nitro benzene ring substituents is 1. The molecule has 0 aromatic heterocycles. The molecule has 0 radical (unpaired) electrons. The molecule has 1 N–H and O–H groups in total. The molecule has 0 atom stereocenters. The normalized spacial score (nSPS) is 18.2. The van der Waals surface area contributed by atoms with E-state index in [1.54, 1.807) is 4.90 Å². The molecule has 1 saturated carbocycles. The second-order valence-electron chi connectivity index (χ2n) is 6.88. The number of rotatable bonds is 5. The first-order valence-corrected chi connectivity index (χ1v) is 9.00. The summed E-state index contributed by atoms with van der Waals surface area (Å²) < 4.78 is 0. The maximum absolute atomic E-state index is 12.9. The van der Waals surface area contributed by atoms with Crippen LogP contribution in [-0.2, 0) is 9.59 Å². The smallest absolute Gasteiger partial charge is 0.305 e. The number of nitrogens with zero attached hydrogens (tertiary/aromatic N) is 3. The standard InChI is InChI=1S/C18H21N3O6/c22-16-11-19(9-8-17(23)24)18(25)14-10-13(21(26)27)6-7-15(14)20(16)12-4-2-1-3-5-12/h6-7,10,12H,1-5,8-9,11H2,(H,23,24). The predicted octanol–water partition coefficient (Wildman–Crippen LogP) is 2.19. The number of carboxylic acid groups (broad SMARTS) is 1. The fourth-order valence-electron chi connectivity index (χ4n) is 3.79. The van der Waals surface area contributed by atoms with E-state index in [1.807, 2.05) is 0 Å². The van der Waals surface area contributed by atoms with Gasteiger partial charge in [0.2, 0.25) is 5.91 Å². The van der Waals surface area contributed by atoms with Gasteiger partial charge in [-0.1, -0.05) is 19.3 Å². The molecular weight excluding hydrogens is 354 g/mol. The van der Waals surface area contributed by atoms with E-state index in [2.05, 4.69) is 0 Å². The van der Waals surface area contributed by atoms with Gasteiger partial charge in [-0.3, -0.25) is 24.5 Å². The van der Waals surface area contributed by atoms with Crippen LogP contribution >= 0.6 is 0 Å². The number of hydrogen-bond donors (Lipinski definition) is 1. The highest BCUT2D eigenvalue weighted by molar-refractivity contribution is 6.10. The van der Waals surface area contributed by atoms with Crippen molar-refractivity contribution in [3.63, 3.8) is 0 Å². The average molecular weight is 375 g/mol. The summed E-state index contributed by atoms with van der Waals surface area (Å²) in [7, 11) is 0. The van der Waals surface area contributed by atoms with E-state index < -0.39 is 16.8 Å². The summed E-state index contributed by atoms with van der Waals surface area (Å²) in [5.74, 6) is -1.92.